The van der Waals surface area contributed by atoms with Gasteiger partial charge >= 0.3 is 12.0 Å². The first-order chi connectivity index (χ1) is 16.6. The van der Waals surface area contributed by atoms with Crippen LogP contribution in [0.2, 0.25) is 5.02 Å². The fraction of sp³-hybridized carbons (Fsp3) is 0.560. The van der Waals surface area contributed by atoms with E-state index in [1.807, 2.05) is 17.0 Å². The number of carboxylic acid groups (broad SMARTS) is 1. The molecule has 2 N–H and O–H groups in total. The van der Waals surface area contributed by atoms with Crippen LogP contribution in [0.1, 0.15) is 52.9 Å². The van der Waals surface area contributed by atoms with Crippen LogP contribution in [0.15, 0.2) is 34.7 Å². The van der Waals surface area contributed by atoms with Gasteiger partial charge in [0, 0.05) is 23.4 Å². The predicted molar refractivity (Wildman–Crippen MR) is 143 cm³/mol. The van der Waals surface area contributed by atoms with Gasteiger partial charge < -0.3 is 14.7 Å². The van der Waals surface area contributed by atoms with Crippen molar-refractivity contribution in [2.45, 2.75) is 63.1 Å². The van der Waals surface area contributed by atoms with Crippen LogP contribution in [0.25, 0.3) is 0 Å². The zero-order chi connectivity index (χ0) is 25.4. The highest BCUT2D eigenvalue weighted by atomic mass is 35.5. The zero-order valence-corrected chi connectivity index (χ0v) is 22.8. The number of thiazole rings is 1. The molecule has 1 saturated carbocycles. The summed E-state index contributed by atoms with van der Waals surface area (Å²) in [6.45, 7) is 6.74. The molecule has 1 aliphatic rings. The highest BCUT2D eigenvalue weighted by molar-refractivity contribution is 8.01. The van der Waals surface area contributed by atoms with Gasteiger partial charge in [0.1, 0.15) is 5.75 Å². The van der Waals surface area contributed by atoms with Crippen LogP contribution in [-0.4, -0.2) is 51.9 Å². The minimum absolute atomic E-state index is 0.149. The Kier molecular flexibility index (Phi) is 10.1. The number of nitrogens with zero attached hydrogens (tertiary/aromatic N) is 2. The van der Waals surface area contributed by atoms with E-state index in [-0.39, 0.29) is 12.1 Å². The Bertz CT molecular complexity index is 993. The highest BCUT2D eigenvalue weighted by Gasteiger charge is 2.29. The quantitative estimate of drug-likeness (QED) is 0.239. The number of hydrogen-bond acceptors (Lipinski definition) is 6. The first-order valence-electron chi connectivity index (χ1n) is 11.9. The van der Waals surface area contributed by atoms with Crippen molar-refractivity contribution in [1.82, 2.24) is 9.88 Å². The Morgan fingerprint density at radius 1 is 1.31 bits per heavy atom. The molecule has 1 aliphatic carbocycles. The number of amides is 2. The molecular weight excluding hydrogens is 506 g/mol. The number of aliphatic carboxylic acids is 1. The number of benzene rings is 1. The summed E-state index contributed by atoms with van der Waals surface area (Å²) in [6.07, 6.45) is 6.61. The van der Waals surface area contributed by atoms with E-state index in [0.29, 0.717) is 41.4 Å². The third-order valence-electron chi connectivity index (χ3n) is 6.15. The summed E-state index contributed by atoms with van der Waals surface area (Å²) in [5.41, 5.74) is -0.833. The third-order valence-corrected chi connectivity index (χ3v) is 8.95. The summed E-state index contributed by atoms with van der Waals surface area (Å²) in [5.74, 6) is 1.01. The fourth-order valence-corrected chi connectivity index (χ4v) is 5.97. The fourth-order valence-electron chi connectivity index (χ4n) is 3.85. The largest absolute Gasteiger partial charge is 0.493 e. The first kappa shape index (κ1) is 27.6. The summed E-state index contributed by atoms with van der Waals surface area (Å²) in [4.78, 5) is 30.9. The second-order valence-electron chi connectivity index (χ2n) is 9.66. The van der Waals surface area contributed by atoms with E-state index in [1.54, 1.807) is 32.2 Å². The predicted octanol–water partition coefficient (Wildman–Crippen LogP) is 6.88. The maximum atomic E-state index is 13.3. The average molecular weight is 540 g/mol. The third kappa shape index (κ3) is 8.58. The number of aromatic nitrogens is 1. The Morgan fingerprint density at radius 3 is 2.74 bits per heavy atom. The molecule has 1 heterocycles. The average Bonchev–Trinajstić information content (AvgIpc) is 3.26. The second kappa shape index (κ2) is 12.8. The molecule has 0 aliphatic heterocycles. The van der Waals surface area contributed by atoms with Crippen LogP contribution < -0.4 is 10.1 Å². The maximum absolute atomic E-state index is 13.3. The molecule has 0 spiro atoms. The minimum atomic E-state index is -0.833. The Labute approximate surface area is 220 Å². The Balaban J connectivity index is 1.57. The van der Waals surface area contributed by atoms with E-state index in [9.17, 15) is 14.7 Å². The number of ether oxygens (including phenoxy) is 1. The lowest BCUT2D eigenvalue weighted by Crippen LogP contribution is -2.45. The molecule has 3 rings (SSSR count). The number of hydrogen-bond donors (Lipinski definition) is 2. The van der Waals surface area contributed by atoms with Crippen LogP contribution in [0, 0.1) is 11.3 Å². The van der Waals surface area contributed by atoms with Gasteiger partial charge in [-0.3, -0.25) is 10.1 Å². The van der Waals surface area contributed by atoms with Gasteiger partial charge in [-0.25, -0.2) is 9.78 Å². The second-order valence-corrected chi connectivity index (χ2v) is 12.4. The van der Waals surface area contributed by atoms with Gasteiger partial charge in [0.15, 0.2) is 5.13 Å². The maximum Gasteiger partial charge on any atom is 0.323 e. The normalized spacial score (nSPS) is 18.2. The zero-order valence-electron chi connectivity index (χ0n) is 20.5. The van der Waals surface area contributed by atoms with Gasteiger partial charge in [0.2, 0.25) is 0 Å². The number of anilines is 1. The van der Waals surface area contributed by atoms with E-state index < -0.39 is 11.4 Å². The number of thioether (sulfide) groups is 1. The molecule has 0 saturated heterocycles. The molecule has 1 aromatic carbocycles. The van der Waals surface area contributed by atoms with Gasteiger partial charge in [-0.05, 0) is 70.1 Å². The summed E-state index contributed by atoms with van der Waals surface area (Å²) in [6, 6.07) is 7.36. The van der Waals surface area contributed by atoms with Crippen LogP contribution in [0.3, 0.4) is 0 Å². The summed E-state index contributed by atoms with van der Waals surface area (Å²) >= 11 is 8.83. The van der Waals surface area contributed by atoms with Crippen molar-refractivity contribution in [3.05, 3.63) is 35.5 Å². The molecular formula is C25H34ClN3O4S2. The van der Waals surface area contributed by atoms with E-state index >= 15 is 0 Å². The lowest BCUT2D eigenvalue weighted by atomic mass is 9.86. The van der Waals surface area contributed by atoms with Crippen LogP contribution in [0.5, 0.6) is 5.75 Å². The molecule has 7 nitrogen and oxygen atoms in total. The van der Waals surface area contributed by atoms with Crippen molar-refractivity contribution in [3.8, 4) is 5.75 Å². The number of rotatable bonds is 11. The van der Waals surface area contributed by atoms with Crippen LogP contribution in [0.4, 0.5) is 9.93 Å². The topological polar surface area (TPSA) is 91.8 Å². The number of carboxylic acids is 1. The van der Waals surface area contributed by atoms with Crippen molar-refractivity contribution < 1.29 is 19.4 Å². The molecule has 1 fully saturated rings. The summed E-state index contributed by atoms with van der Waals surface area (Å²) in [7, 11) is 0. The van der Waals surface area contributed by atoms with Crippen molar-refractivity contribution in [3.63, 3.8) is 0 Å². The smallest absolute Gasteiger partial charge is 0.323 e. The van der Waals surface area contributed by atoms with Crippen molar-refractivity contribution in [1.29, 1.82) is 0 Å². The van der Waals surface area contributed by atoms with E-state index in [1.165, 1.54) is 23.1 Å². The van der Waals surface area contributed by atoms with Gasteiger partial charge in [-0.15, -0.1) is 11.8 Å². The van der Waals surface area contributed by atoms with Crippen molar-refractivity contribution in [2.24, 2.45) is 11.3 Å². The summed E-state index contributed by atoms with van der Waals surface area (Å²) in [5, 5.41) is 13.4. The lowest BCUT2D eigenvalue weighted by Gasteiger charge is -2.36. The molecule has 0 bridgehead atoms. The van der Waals surface area contributed by atoms with Gasteiger partial charge in [-0.2, -0.15) is 0 Å². The molecule has 35 heavy (non-hydrogen) atoms. The molecule has 1 aromatic heterocycles. The molecule has 2 aromatic rings. The van der Waals surface area contributed by atoms with E-state index in [0.717, 1.165) is 35.6 Å². The Morgan fingerprint density at radius 2 is 2.06 bits per heavy atom. The number of carbonyl (C=O) groups excluding carboxylic acids is 1. The van der Waals surface area contributed by atoms with Gasteiger partial charge in [0.05, 0.1) is 22.4 Å². The van der Waals surface area contributed by atoms with Gasteiger partial charge in [0.25, 0.3) is 0 Å². The SMILES string of the molecule is CC1CCC(N(CCCOc2cccc(Cl)c2)C(=O)Nc2ncc(SCC(C)(C)C(=O)O)s2)CC1. The number of halogens is 1. The molecule has 0 atom stereocenters. The number of nitrogens with one attached hydrogen (secondary N) is 1. The minimum Gasteiger partial charge on any atom is -0.493 e. The van der Waals surface area contributed by atoms with Gasteiger partial charge in [-0.1, -0.05) is 35.9 Å². The molecule has 10 heteroatoms. The van der Waals surface area contributed by atoms with Crippen LogP contribution in [-0.2, 0) is 4.79 Å². The van der Waals surface area contributed by atoms with Crippen LogP contribution >= 0.6 is 34.7 Å². The standard InChI is InChI=1S/C25H34ClN3O4S2/c1-17-8-10-19(11-9-17)29(12-5-13-33-20-7-4-6-18(26)14-20)24(32)28-23-27-15-21(35-23)34-16-25(2,3)22(30)31/h4,6-7,14-15,17,19H,5,8-13,16H2,1-3H3,(H,30,31)(H,27,28,32). The molecule has 0 unspecified atom stereocenters. The molecule has 192 valence electrons. The van der Waals surface area contributed by atoms with Crippen molar-refractivity contribution >= 4 is 51.8 Å². The van der Waals surface area contributed by atoms with Crippen molar-refractivity contribution in [2.75, 3.05) is 24.2 Å². The first-order valence-corrected chi connectivity index (χ1v) is 14.1. The monoisotopic (exact) mass is 539 g/mol. The summed E-state index contributed by atoms with van der Waals surface area (Å²) < 4.78 is 6.69. The lowest BCUT2D eigenvalue weighted by molar-refractivity contribution is -0.145. The van der Waals surface area contributed by atoms with E-state index in [2.05, 4.69) is 17.2 Å². The molecule has 0 radical (unpaired) electrons. The highest BCUT2D eigenvalue weighted by Crippen LogP contribution is 2.34. The number of urea groups is 1. The number of carbonyl (C=O) groups is 2. The van der Waals surface area contributed by atoms with E-state index in [4.69, 9.17) is 16.3 Å². The Hall–Kier alpha value is -1.97. The molecule has 2 amide bonds.